The van der Waals surface area contributed by atoms with Crippen molar-refractivity contribution in [3.63, 3.8) is 0 Å². The number of rotatable bonds is 21. The van der Waals surface area contributed by atoms with E-state index in [2.05, 4.69) is 26.6 Å². The summed E-state index contributed by atoms with van der Waals surface area (Å²) < 4.78 is 0. The molecule has 1 aliphatic heterocycles. The summed E-state index contributed by atoms with van der Waals surface area (Å²) in [6, 6.07) is -2.46. The molecule has 19 nitrogen and oxygen atoms in total. The average Bonchev–Trinajstić information content (AvgIpc) is 3.42. The van der Waals surface area contributed by atoms with E-state index in [1.54, 1.807) is 39.8 Å². The molecule has 1 saturated heterocycles. The lowest BCUT2D eigenvalue weighted by molar-refractivity contribution is -0.140. The summed E-state index contributed by atoms with van der Waals surface area (Å²) in [7, 11) is 0. The van der Waals surface area contributed by atoms with Crippen LogP contribution in [0.4, 0.5) is 0 Å². The van der Waals surface area contributed by atoms with Gasteiger partial charge in [-0.15, -0.1) is 0 Å². The van der Waals surface area contributed by atoms with Gasteiger partial charge >= 0.3 is 5.97 Å². The molecule has 1 aromatic rings. The first-order chi connectivity index (χ1) is 25.6. The molecular weight excluding hydrogens is 720 g/mol. The summed E-state index contributed by atoms with van der Waals surface area (Å²) in [5, 5.41) is 42.0. The Morgan fingerprint density at radius 2 is 1.35 bits per heavy atom. The zero-order chi connectivity index (χ0) is 41.7. The van der Waals surface area contributed by atoms with Crippen molar-refractivity contribution < 1.29 is 53.7 Å². The number of likely N-dealkylation sites (tertiary alicyclic amines) is 1. The molecule has 1 heterocycles. The van der Waals surface area contributed by atoms with E-state index in [1.165, 1.54) is 30.9 Å². The number of hydrogen-bond donors (Lipinski definition) is 10. The summed E-state index contributed by atoms with van der Waals surface area (Å²) in [6.45, 7) is 9.37. The smallest absolute Gasteiger partial charge is 0.303 e. The first-order valence-electron chi connectivity index (χ1n) is 18.1. The van der Waals surface area contributed by atoms with Crippen LogP contribution in [0.15, 0.2) is 24.3 Å². The van der Waals surface area contributed by atoms with Gasteiger partial charge in [0, 0.05) is 31.8 Å². The summed E-state index contributed by atoms with van der Waals surface area (Å²) in [6.07, 6.45) is -2.35. The predicted molar refractivity (Wildman–Crippen MR) is 197 cm³/mol. The van der Waals surface area contributed by atoms with E-state index in [0.717, 1.165) is 0 Å². The molecule has 0 aromatic heterocycles. The number of carbonyl (C=O) groups excluding carboxylic acids is 7. The molecule has 306 valence electrons. The Balaban J connectivity index is 2.30. The van der Waals surface area contributed by atoms with Gasteiger partial charge in [-0.1, -0.05) is 39.8 Å². The Labute approximate surface area is 319 Å². The number of nitrogens with zero attached hydrogens (tertiary/aromatic N) is 1. The van der Waals surface area contributed by atoms with Gasteiger partial charge in [0.05, 0.1) is 6.10 Å². The largest absolute Gasteiger partial charge is 0.508 e. The molecule has 0 saturated carbocycles. The minimum absolute atomic E-state index is 0.00356. The number of nitrogens with one attached hydrogen (secondary N) is 5. The number of carboxylic acids is 1. The van der Waals surface area contributed by atoms with Crippen LogP contribution in [-0.4, -0.2) is 122 Å². The van der Waals surface area contributed by atoms with E-state index in [0.29, 0.717) is 5.56 Å². The number of carboxylic acid groups (broad SMARTS) is 1. The van der Waals surface area contributed by atoms with Crippen molar-refractivity contribution in [2.75, 3.05) is 6.54 Å². The molecule has 0 spiro atoms. The zero-order valence-corrected chi connectivity index (χ0v) is 32.0. The van der Waals surface area contributed by atoms with Crippen LogP contribution < -0.4 is 38.1 Å². The fraction of sp³-hybridized carbons (Fsp3) is 0.611. The number of primary amides is 1. The van der Waals surface area contributed by atoms with Crippen LogP contribution in [0.2, 0.25) is 0 Å². The quantitative estimate of drug-likeness (QED) is 0.0633. The Morgan fingerprint density at radius 3 is 1.84 bits per heavy atom. The van der Waals surface area contributed by atoms with Gasteiger partial charge in [0.15, 0.2) is 0 Å². The van der Waals surface area contributed by atoms with Gasteiger partial charge < -0.3 is 58.3 Å². The minimum atomic E-state index is -1.63. The van der Waals surface area contributed by atoms with Crippen molar-refractivity contribution in [1.82, 2.24) is 31.5 Å². The highest BCUT2D eigenvalue weighted by Gasteiger charge is 2.39. The highest BCUT2D eigenvalue weighted by molar-refractivity contribution is 5.97. The lowest BCUT2D eigenvalue weighted by Gasteiger charge is -2.31. The second-order valence-corrected chi connectivity index (χ2v) is 14.7. The molecule has 0 radical (unpaired) electrons. The number of aromatic hydroxyl groups is 1. The molecule has 1 fully saturated rings. The number of phenols is 1. The van der Waals surface area contributed by atoms with E-state index in [-0.39, 0.29) is 43.4 Å². The van der Waals surface area contributed by atoms with Crippen molar-refractivity contribution in [3.05, 3.63) is 29.8 Å². The van der Waals surface area contributed by atoms with Crippen LogP contribution in [0.25, 0.3) is 0 Å². The van der Waals surface area contributed by atoms with Gasteiger partial charge in [-0.2, -0.15) is 0 Å². The van der Waals surface area contributed by atoms with Gasteiger partial charge in [0.25, 0.3) is 0 Å². The first kappa shape index (κ1) is 45.9. The fourth-order valence-corrected chi connectivity index (χ4v) is 5.85. The second-order valence-electron chi connectivity index (χ2n) is 14.7. The van der Waals surface area contributed by atoms with Gasteiger partial charge in [-0.3, -0.25) is 38.4 Å². The molecule has 0 unspecified atom stereocenters. The van der Waals surface area contributed by atoms with Crippen molar-refractivity contribution in [3.8, 4) is 5.75 Å². The highest BCUT2D eigenvalue weighted by atomic mass is 16.4. The van der Waals surface area contributed by atoms with Crippen LogP contribution >= 0.6 is 0 Å². The molecule has 7 amide bonds. The molecule has 8 atom stereocenters. The maximum Gasteiger partial charge on any atom is 0.303 e. The standard InChI is InChI=1S/C36H56N8O11/c1-17(2)13-25(33(52)39-19(5)31(38)50)41-32(51)24(11-12-28(48)49)40-35(54)29(18(3)4)42-36(55)30(20(6)45)43-34(53)26(44-16-22(37)15-27(44)47)14-21-7-9-23(46)10-8-21/h7-10,17-20,22,24-26,29-30,45-46H,11-16,37H2,1-6H3,(H2,38,50)(H,39,52)(H,40,54)(H,41,51)(H,42,55)(H,43,53)(H,48,49)/t19-,20-,22+,24-,25-,26-,29-,30-/m1/s1. The van der Waals surface area contributed by atoms with Gasteiger partial charge in [-0.05, 0) is 56.2 Å². The molecule has 1 aromatic carbocycles. The fourth-order valence-electron chi connectivity index (χ4n) is 5.85. The Morgan fingerprint density at radius 1 is 0.800 bits per heavy atom. The molecule has 0 bridgehead atoms. The normalized spacial score (nSPS) is 18.0. The lowest BCUT2D eigenvalue weighted by atomic mass is 9.99. The van der Waals surface area contributed by atoms with Crippen LogP contribution in [0.5, 0.6) is 5.75 Å². The Bertz CT molecular complexity index is 1550. The topological polar surface area (TPSA) is 313 Å². The molecular formula is C36H56N8O11. The molecule has 55 heavy (non-hydrogen) atoms. The number of phenolic OH excluding ortho intramolecular Hbond substituents is 1. The van der Waals surface area contributed by atoms with Crippen LogP contribution in [0.3, 0.4) is 0 Å². The van der Waals surface area contributed by atoms with E-state index in [9.17, 15) is 53.7 Å². The van der Waals surface area contributed by atoms with Crippen molar-refractivity contribution in [1.29, 1.82) is 0 Å². The highest BCUT2D eigenvalue weighted by Crippen LogP contribution is 2.19. The third-order valence-corrected chi connectivity index (χ3v) is 8.95. The second kappa shape index (κ2) is 21.0. The molecule has 19 heteroatoms. The predicted octanol–water partition coefficient (Wildman–Crippen LogP) is -2.26. The number of nitrogens with two attached hydrogens (primary N) is 2. The summed E-state index contributed by atoms with van der Waals surface area (Å²) >= 11 is 0. The molecule has 2 rings (SSSR count). The van der Waals surface area contributed by atoms with Crippen molar-refractivity contribution in [2.24, 2.45) is 23.3 Å². The number of carbonyl (C=O) groups is 8. The number of aliphatic carboxylic acids is 1. The third kappa shape index (κ3) is 14.5. The van der Waals surface area contributed by atoms with Crippen LogP contribution in [-0.2, 0) is 44.8 Å². The third-order valence-electron chi connectivity index (χ3n) is 8.95. The molecule has 12 N–H and O–H groups in total. The van der Waals surface area contributed by atoms with E-state index in [4.69, 9.17) is 11.5 Å². The van der Waals surface area contributed by atoms with Crippen LogP contribution in [0, 0.1) is 11.8 Å². The molecule has 0 aliphatic carbocycles. The van der Waals surface area contributed by atoms with E-state index < -0.39 is 109 Å². The van der Waals surface area contributed by atoms with Crippen molar-refractivity contribution in [2.45, 2.75) is 122 Å². The summed E-state index contributed by atoms with van der Waals surface area (Å²) in [4.78, 5) is 105. The summed E-state index contributed by atoms with van der Waals surface area (Å²) in [5.74, 6) is -7.55. The first-order valence-corrected chi connectivity index (χ1v) is 18.1. The maximum absolute atomic E-state index is 13.8. The summed E-state index contributed by atoms with van der Waals surface area (Å²) in [5.41, 5.74) is 11.8. The Hall–Kier alpha value is -5.30. The average molecular weight is 777 g/mol. The van der Waals surface area contributed by atoms with Crippen molar-refractivity contribution >= 4 is 47.3 Å². The monoisotopic (exact) mass is 776 g/mol. The number of amides is 7. The van der Waals surface area contributed by atoms with Crippen LogP contribution in [0.1, 0.15) is 72.8 Å². The minimum Gasteiger partial charge on any atom is -0.508 e. The number of hydrogen-bond acceptors (Lipinski definition) is 11. The number of aliphatic hydroxyl groups is 1. The number of benzene rings is 1. The SMILES string of the molecule is CC(C)C[C@@H](NC(=O)[C@@H](CCC(=O)O)NC(=O)[C@H](NC(=O)[C@H](NC(=O)[C@@H](Cc1ccc(O)cc1)N1C[C@@H](N)CC1=O)[C@@H](C)O)C(C)C)C(=O)N[C@H](C)C(N)=O. The van der Waals surface area contributed by atoms with Gasteiger partial charge in [-0.25, -0.2) is 0 Å². The maximum atomic E-state index is 13.8. The molecule has 1 aliphatic rings. The zero-order valence-electron chi connectivity index (χ0n) is 32.0. The van der Waals surface area contributed by atoms with E-state index >= 15 is 0 Å². The Kier molecular flexibility index (Phi) is 17.5. The lowest BCUT2D eigenvalue weighted by Crippen LogP contribution is -2.62. The van der Waals surface area contributed by atoms with Gasteiger partial charge in [0.2, 0.25) is 41.4 Å². The van der Waals surface area contributed by atoms with Gasteiger partial charge in [0.1, 0.15) is 42.0 Å². The van der Waals surface area contributed by atoms with E-state index in [1.807, 2.05) is 0 Å². The number of aliphatic hydroxyl groups excluding tert-OH is 1.